The minimum Gasteiger partial charge on any atom is -0.469 e. The highest BCUT2D eigenvalue weighted by Gasteiger charge is 2.13. The zero-order valence-corrected chi connectivity index (χ0v) is 13.8. The molecule has 1 aliphatic rings. The van der Waals surface area contributed by atoms with E-state index in [1.165, 1.54) is 7.11 Å². The molecule has 0 atom stereocenters. The van der Waals surface area contributed by atoms with Crippen LogP contribution in [0.1, 0.15) is 12.1 Å². The molecule has 1 saturated heterocycles. The number of imidazole rings is 1. The standard InChI is InChI=1S/C17H22N4O3/c1-23-17(22)3-2-14-11-21(12-19-14)16-9-13(18)8-15(10-16)20-4-6-24-7-5-20/h8-12H,2-7,18H2,1H3. The lowest BCUT2D eigenvalue weighted by atomic mass is 10.2. The number of anilines is 2. The number of nitrogens with zero attached hydrogens (tertiary/aromatic N) is 3. The highest BCUT2D eigenvalue weighted by molar-refractivity contribution is 5.69. The Morgan fingerprint density at radius 2 is 2.04 bits per heavy atom. The minimum atomic E-state index is -0.233. The largest absolute Gasteiger partial charge is 0.469 e. The van der Waals surface area contributed by atoms with Crippen molar-refractivity contribution < 1.29 is 14.3 Å². The second-order valence-corrected chi connectivity index (χ2v) is 5.73. The van der Waals surface area contributed by atoms with Crippen molar-refractivity contribution >= 4 is 17.3 Å². The monoisotopic (exact) mass is 330 g/mol. The second-order valence-electron chi connectivity index (χ2n) is 5.73. The Labute approximate surface area is 141 Å². The fourth-order valence-corrected chi connectivity index (χ4v) is 2.74. The first-order chi connectivity index (χ1) is 11.7. The summed E-state index contributed by atoms with van der Waals surface area (Å²) in [6.45, 7) is 3.17. The van der Waals surface area contributed by atoms with E-state index in [-0.39, 0.29) is 5.97 Å². The summed E-state index contributed by atoms with van der Waals surface area (Å²) in [7, 11) is 1.39. The second kappa shape index (κ2) is 7.35. The molecule has 1 aliphatic heterocycles. The summed E-state index contributed by atoms with van der Waals surface area (Å²) in [5.74, 6) is -0.233. The fraction of sp³-hybridized carbons (Fsp3) is 0.412. The number of esters is 1. The number of hydrogen-bond acceptors (Lipinski definition) is 6. The van der Waals surface area contributed by atoms with E-state index in [1.807, 2.05) is 22.9 Å². The summed E-state index contributed by atoms with van der Waals surface area (Å²) in [6.07, 6.45) is 4.53. The van der Waals surface area contributed by atoms with Crippen LogP contribution in [0.25, 0.3) is 5.69 Å². The van der Waals surface area contributed by atoms with Crippen LogP contribution in [0.4, 0.5) is 11.4 Å². The van der Waals surface area contributed by atoms with E-state index in [0.29, 0.717) is 18.5 Å². The van der Waals surface area contributed by atoms with E-state index in [2.05, 4.69) is 20.7 Å². The van der Waals surface area contributed by atoms with E-state index in [9.17, 15) is 4.79 Å². The topological polar surface area (TPSA) is 82.6 Å². The molecule has 7 nitrogen and oxygen atoms in total. The van der Waals surface area contributed by atoms with Gasteiger partial charge in [-0.2, -0.15) is 0 Å². The summed E-state index contributed by atoms with van der Waals surface area (Å²) in [4.78, 5) is 17.9. The Morgan fingerprint density at radius 3 is 2.79 bits per heavy atom. The van der Waals surface area contributed by atoms with Gasteiger partial charge >= 0.3 is 5.97 Å². The zero-order chi connectivity index (χ0) is 16.9. The van der Waals surface area contributed by atoms with Gasteiger partial charge in [0.05, 0.1) is 44.5 Å². The first-order valence-corrected chi connectivity index (χ1v) is 7.99. The number of nitrogens with two attached hydrogens (primary N) is 1. The van der Waals surface area contributed by atoms with Crippen LogP contribution in [0.3, 0.4) is 0 Å². The lowest BCUT2D eigenvalue weighted by Gasteiger charge is -2.29. The molecule has 2 heterocycles. The summed E-state index contributed by atoms with van der Waals surface area (Å²) in [5.41, 5.74) is 9.66. The van der Waals surface area contributed by atoms with Crippen LogP contribution in [0.2, 0.25) is 0 Å². The van der Waals surface area contributed by atoms with Gasteiger partial charge in [0.15, 0.2) is 0 Å². The molecule has 1 fully saturated rings. The van der Waals surface area contributed by atoms with Gasteiger partial charge in [-0.05, 0) is 18.2 Å². The number of aryl methyl sites for hydroxylation is 1. The van der Waals surface area contributed by atoms with E-state index < -0.39 is 0 Å². The normalized spacial score (nSPS) is 14.6. The Hall–Kier alpha value is -2.54. The van der Waals surface area contributed by atoms with Gasteiger partial charge in [-0.15, -0.1) is 0 Å². The number of aromatic nitrogens is 2. The number of nitrogen functional groups attached to an aromatic ring is 1. The number of methoxy groups -OCH3 is 1. The predicted octanol–water partition coefficient (Wildman–Crippen LogP) is 1.40. The van der Waals surface area contributed by atoms with Crippen molar-refractivity contribution in [3.63, 3.8) is 0 Å². The van der Waals surface area contributed by atoms with Gasteiger partial charge in [0, 0.05) is 37.1 Å². The molecule has 0 amide bonds. The van der Waals surface area contributed by atoms with Crippen molar-refractivity contribution in [1.82, 2.24) is 9.55 Å². The first-order valence-electron chi connectivity index (χ1n) is 7.99. The first kappa shape index (κ1) is 16.3. The van der Waals surface area contributed by atoms with Crippen molar-refractivity contribution in [2.24, 2.45) is 0 Å². The Kier molecular flexibility index (Phi) is 5.00. The van der Waals surface area contributed by atoms with Crippen molar-refractivity contribution in [2.75, 3.05) is 44.0 Å². The molecule has 1 aromatic heterocycles. The molecule has 1 aromatic carbocycles. The third kappa shape index (κ3) is 3.86. The molecule has 0 aliphatic carbocycles. The molecule has 0 unspecified atom stereocenters. The molecule has 24 heavy (non-hydrogen) atoms. The third-order valence-corrected chi connectivity index (χ3v) is 4.05. The van der Waals surface area contributed by atoms with Gasteiger partial charge in [0.25, 0.3) is 0 Å². The van der Waals surface area contributed by atoms with Crippen LogP contribution in [0.5, 0.6) is 0 Å². The summed E-state index contributed by atoms with van der Waals surface area (Å²) < 4.78 is 12.0. The predicted molar refractivity (Wildman–Crippen MR) is 91.3 cm³/mol. The molecule has 128 valence electrons. The minimum absolute atomic E-state index is 0.233. The van der Waals surface area contributed by atoms with Gasteiger partial charge in [0.1, 0.15) is 0 Å². The lowest BCUT2D eigenvalue weighted by Crippen LogP contribution is -2.36. The van der Waals surface area contributed by atoms with Crippen molar-refractivity contribution in [3.05, 3.63) is 36.4 Å². The van der Waals surface area contributed by atoms with E-state index in [0.717, 1.165) is 43.4 Å². The number of hydrogen-bond donors (Lipinski definition) is 1. The lowest BCUT2D eigenvalue weighted by molar-refractivity contribution is -0.140. The van der Waals surface area contributed by atoms with Gasteiger partial charge in [0.2, 0.25) is 0 Å². The summed E-state index contributed by atoms with van der Waals surface area (Å²) in [5, 5.41) is 0. The zero-order valence-electron chi connectivity index (χ0n) is 13.8. The molecule has 7 heteroatoms. The maximum Gasteiger partial charge on any atom is 0.305 e. The SMILES string of the molecule is COC(=O)CCc1cn(-c2cc(N)cc(N3CCOCC3)c2)cn1. The highest BCUT2D eigenvalue weighted by atomic mass is 16.5. The van der Waals surface area contributed by atoms with Gasteiger partial charge in [-0.1, -0.05) is 0 Å². The highest BCUT2D eigenvalue weighted by Crippen LogP contribution is 2.24. The van der Waals surface area contributed by atoms with Crippen LogP contribution in [-0.2, 0) is 20.7 Å². The molecule has 3 rings (SSSR count). The number of benzene rings is 1. The van der Waals surface area contributed by atoms with Crippen molar-refractivity contribution in [1.29, 1.82) is 0 Å². The average Bonchev–Trinajstić information content (AvgIpc) is 3.09. The average molecular weight is 330 g/mol. The molecule has 0 spiro atoms. The fourth-order valence-electron chi connectivity index (χ4n) is 2.74. The maximum atomic E-state index is 11.2. The molecule has 0 saturated carbocycles. The van der Waals surface area contributed by atoms with E-state index in [1.54, 1.807) is 6.33 Å². The third-order valence-electron chi connectivity index (χ3n) is 4.05. The Bertz CT molecular complexity index is 708. The smallest absolute Gasteiger partial charge is 0.305 e. The maximum absolute atomic E-state index is 11.2. The number of carbonyl (C=O) groups is 1. The van der Waals surface area contributed by atoms with Gasteiger partial charge < -0.3 is 24.7 Å². The van der Waals surface area contributed by atoms with Crippen molar-refractivity contribution in [3.8, 4) is 5.69 Å². The van der Waals surface area contributed by atoms with E-state index >= 15 is 0 Å². The Morgan fingerprint density at radius 1 is 1.29 bits per heavy atom. The van der Waals surface area contributed by atoms with E-state index in [4.69, 9.17) is 10.5 Å². The summed E-state index contributed by atoms with van der Waals surface area (Å²) >= 11 is 0. The van der Waals surface area contributed by atoms with Crippen LogP contribution in [0.15, 0.2) is 30.7 Å². The van der Waals surface area contributed by atoms with Crippen LogP contribution in [-0.4, -0.2) is 48.9 Å². The quantitative estimate of drug-likeness (QED) is 0.659. The molecule has 0 radical (unpaired) electrons. The van der Waals surface area contributed by atoms with Gasteiger partial charge in [-0.25, -0.2) is 4.98 Å². The van der Waals surface area contributed by atoms with Gasteiger partial charge in [-0.3, -0.25) is 4.79 Å². The van der Waals surface area contributed by atoms with Crippen molar-refractivity contribution in [2.45, 2.75) is 12.8 Å². The number of morpholine rings is 1. The molecule has 0 bridgehead atoms. The molecular weight excluding hydrogens is 308 g/mol. The number of rotatable bonds is 5. The van der Waals surface area contributed by atoms with Crippen LogP contribution < -0.4 is 10.6 Å². The molecule has 2 aromatic rings. The molecular formula is C17H22N4O3. The Balaban J connectivity index is 1.77. The molecule has 2 N–H and O–H groups in total. The van der Waals surface area contributed by atoms with Crippen LogP contribution in [0, 0.1) is 0 Å². The van der Waals surface area contributed by atoms with Crippen LogP contribution >= 0.6 is 0 Å². The summed E-state index contributed by atoms with van der Waals surface area (Å²) in [6, 6.07) is 5.98. The number of ether oxygens (including phenoxy) is 2. The number of carbonyl (C=O) groups excluding carboxylic acids is 1.